The number of aromatic nitrogens is 1. The second-order valence-electron chi connectivity index (χ2n) is 4.87. The molecule has 0 spiro atoms. The van der Waals surface area contributed by atoms with Gasteiger partial charge in [0.15, 0.2) is 0 Å². The molecule has 3 N–H and O–H groups in total. The molecule has 0 aliphatic heterocycles. The molecule has 1 aromatic heterocycles. The van der Waals surface area contributed by atoms with Crippen LogP contribution in [0.1, 0.15) is 22.0 Å². The molecule has 2 aromatic carbocycles. The van der Waals surface area contributed by atoms with Crippen molar-refractivity contribution in [3.63, 3.8) is 0 Å². The number of carbonyl (C=O) groups excluding carboxylic acids is 1. The number of carbonyl (C=O) groups is 1. The summed E-state index contributed by atoms with van der Waals surface area (Å²) in [4.78, 5) is 15.5. The number of aliphatic hydroxyl groups excluding tert-OH is 1. The van der Waals surface area contributed by atoms with Crippen LogP contribution in [0.25, 0.3) is 10.9 Å². The lowest BCUT2D eigenvalue weighted by molar-refractivity contribution is 0.0918. The summed E-state index contributed by atoms with van der Waals surface area (Å²) < 4.78 is 0. The highest BCUT2D eigenvalue weighted by atomic mass is 16.3. The van der Waals surface area contributed by atoms with E-state index in [2.05, 4.69) is 10.3 Å². The Hall–Kier alpha value is -2.59. The third-order valence-corrected chi connectivity index (χ3v) is 3.52. The summed E-state index contributed by atoms with van der Waals surface area (Å²) in [6.07, 6.45) is 1.69. The van der Waals surface area contributed by atoms with E-state index in [1.165, 1.54) is 0 Å². The number of rotatable bonds is 4. The monoisotopic (exact) mass is 280 g/mol. The molecule has 0 aliphatic carbocycles. The van der Waals surface area contributed by atoms with Crippen molar-refractivity contribution in [2.75, 3.05) is 6.61 Å². The maximum atomic E-state index is 12.4. The Morgan fingerprint density at radius 3 is 2.57 bits per heavy atom. The molecule has 3 rings (SSSR count). The van der Waals surface area contributed by atoms with Gasteiger partial charge in [0.05, 0.1) is 18.2 Å². The zero-order valence-electron chi connectivity index (χ0n) is 11.4. The van der Waals surface area contributed by atoms with Crippen LogP contribution in [0.15, 0.2) is 60.8 Å². The van der Waals surface area contributed by atoms with Crippen molar-refractivity contribution in [1.82, 2.24) is 10.3 Å². The predicted octanol–water partition coefficient (Wildman–Crippen LogP) is 2.63. The maximum absolute atomic E-state index is 12.4. The summed E-state index contributed by atoms with van der Waals surface area (Å²) in [6.45, 7) is -0.141. The van der Waals surface area contributed by atoms with Crippen LogP contribution in [0.4, 0.5) is 0 Å². The van der Waals surface area contributed by atoms with Gasteiger partial charge in [-0.25, -0.2) is 0 Å². The number of amides is 1. The first kappa shape index (κ1) is 13.4. The van der Waals surface area contributed by atoms with E-state index in [0.29, 0.717) is 5.56 Å². The molecule has 0 saturated heterocycles. The molecular formula is C17H16N2O2. The third kappa shape index (κ3) is 2.66. The van der Waals surface area contributed by atoms with Gasteiger partial charge in [0.25, 0.3) is 5.91 Å². The number of benzene rings is 2. The molecule has 3 aromatic rings. The SMILES string of the molecule is O=C(NC(CO)c1ccccc1)c1c[nH]c2ccccc12. The molecule has 1 amide bonds. The molecule has 1 unspecified atom stereocenters. The lowest BCUT2D eigenvalue weighted by atomic mass is 10.1. The number of H-pyrrole nitrogens is 1. The minimum absolute atomic E-state index is 0.141. The molecule has 21 heavy (non-hydrogen) atoms. The number of nitrogens with one attached hydrogen (secondary N) is 2. The number of hydrogen-bond acceptors (Lipinski definition) is 2. The van der Waals surface area contributed by atoms with E-state index >= 15 is 0 Å². The van der Waals surface area contributed by atoms with Crippen molar-refractivity contribution in [2.45, 2.75) is 6.04 Å². The van der Waals surface area contributed by atoms with Crippen LogP contribution in [0, 0.1) is 0 Å². The minimum atomic E-state index is -0.410. The molecule has 0 aliphatic rings. The highest BCUT2D eigenvalue weighted by molar-refractivity contribution is 6.06. The Kier molecular flexibility index (Phi) is 3.71. The third-order valence-electron chi connectivity index (χ3n) is 3.52. The first-order valence-electron chi connectivity index (χ1n) is 6.82. The molecule has 0 saturated carbocycles. The van der Waals surface area contributed by atoms with E-state index in [-0.39, 0.29) is 12.5 Å². The van der Waals surface area contributed by atoms with Crippen molar-refractivity contribution in [2.24, 2.45) is 0 Å². The lowest BCUT2D eigenvalue weighted by Crippen LogP contribution is -2.30. The van der Waals surface area contributed by atoms with E-state index in [1.807, 2.05) is 54.6 Å². The van der Waals surface area contributed by atoms with Gasteiger partial charge in [0, 0.05) is 17.1 Å². The fourth-order valence-corrected chi connectivity index (χ4v) is 2.42. The quantitative estimate of drug-likeness (QED) is 0.688. The van der Waals surface area contributed by atoms with Crippen LogP contribution in [0.5, 0.6) is 0 Å². The first-order chi connectivity index (χ1) is 10.3. The Morgan fingerprint density at radius 1 is 1.10 bits per heavy atom. The summed E-state index contributed by atoms with van der Waals surface area (Å²) in [7, 11) is 0. The van der Waals surface area contributed by atoms with Crippen molar-refractivity contribution < 1.29 is 9.90 Å². The van der Waals surface area contributed by atoms with Gasteiger partial charge in [-0.2, -0.15) is 0 Å². The lowest BCUT2D eigenvalue weighted by Gasteiger charge is -2.16. The number of para-hydroxylation sites is 1. The highest BCUT2D eigenvalue weighted by Crippen LogP contribution is 2.19. The van der Waals surface area contributed by atoms with Crippen molar-refractivity contribution in [3.05, 3.63) is 71.9 Å². The average molecular weight is 280 g/mol. The van der Waals surface area contributed by atoms with Crippen LogP contribution in [0.2, 0.25) is 0 Å². The zero-order chi connectivity index (χ0) is 14.7. The largest absolute Gasteiger partial charge is 0.394 e. The molecule has 4 nitrogen and oxygen atoms in total. The number of aromatic amines is 1. The first-order valence-corrected chi connectivity index (χ1v) is 6.82. The fraction of sp³-hybridized carbons (Fsp3) is 0.118. The van der Waals surface area contributed by atoms with Gasteiger partial charge in [-0.1, -0.05) is 48.5 Å². The zero-order valence-corrected chi connectivity index (χ0v) is 11.4. The Bertz CT molecular complexity index is 750. The Balaban J connectivity index is 1.85. The molecule has 4 heteroatoms. The summed E-state index contributed by atoms with van der Waals surface area (Å²) in [5.41, 5.74) is 2.39. The second kappa shape index (κ2) is 5.81. The summed E-state index contributed by atoms with van der Waals surface area (Å²) >= 11 is 0. The number of fused-ring (bicyclic) bond motifs is 1. The second-order valence-corrected chi connectivity index (χ2v) is 4.87. The van der Waals surface area contributed by atoms with Crippen LogP contribution in [-0.2, 0) is 0 Å². The Labute approximate surface area is 122 Å². The molecule has 0 radical (unpaired) electrons. The van der Waals surface area contributed by atoms with Gasteiger partial charge in [0.2, 0.25) is 0 Å². The van der Waals surface area contributed by atoms with Crippen LogP contribution < -0.4 is 5.32 Å². The number of hydrogen-bond donors (Lipinski definition) is 3. The van der Waals surface area contributed by atoms with E-state index in [1.54, 1.807) is 6.20 Å². The van der Waals surface area contributed by atoms with Crippen molar-refractivity contribution in [3.8, 4) is 0 Å². The predicted molar refractivity (Wildman–Crippen MR) is 82.0 cm³/mol. The van der Waals surface area contributed by atoms with E-state index < -0.39 is 6.04 Å². The van der Waals surface area contributed by atoms with Crippen LogP contribution >= 0.6 is 0 Å². The molecule has 0 fully saturated rings. The number of aliphatic hydroxyl groups is 1. The summed E-state index contributed by atoms with van der Waals surface area (Å²) in [6, 6.07) is 16.7. The van der Waals surface area contributed by atoms with Gasteiger partial charge in [-0.15, -0.1) is 0 Å². The maximum Gasteiger partial charge on any atom is 0.254 e. The molecule has 0 bridgehead atoms. The van der Waals surface area contributed by atoms with Gasteiger partial charge in [0.1, 0.15) is 0 Å². The Morgan fingerprint density at radius 2 is 1.81 bits per heavy atom. The van der Waals surface area contributed by atoms with Gasteiger partial charge in [-0.3, -0.25) is 4.79 Å². The topological polar surface area (TPSA) is 65.1 Å². The van der Waals surface area contributed by atoms with Gasteiger partial charge >= 0.3 is 0 Å². The van der Waals surface area contributed by atoms with Gasteiger partial charge in [-0.05, 0) is 11.6 Å². The van der Waals surface area contributed by atoms with E-state index in [9.17, 15) is 9.90 Å². The standard InChI is InChI=1S/C17H16N2O2/c20-11-16(12-6-2-1-3-7-12)19-17(21)14-10-18-15-9-5-4-8-13(14)15/h1-10,16,18,20H,11H2,(H,19,21). The molecule has 106 valence electrons. The summed E-state index contributed by atoms with van der Waals surface area (Å²) in [5, 5.41) is 13.3. The van der Waals surface area contributed by atoms with Gasteiger partial charge < -0.3 is 15.4 Å². The highest BCUT2D eigenvalue weighted by Gasteiger charge is 2.17. The summed E-state index contributed by atoms with van der Waals surface area (Å²) in [5.74, 6) is -0.199. The minimum Gasteiger partial charge on any atom is -0.394 e. The van der Waals surface area contributed by atoms with Crippen LogP contribution in [-0.4, -0.2) is 22.6 Å². The van der Waals surface area contributed by atoms with Crippen molar-refractivity contribution >= 4 is 16.8 Å². The van der Waals surface area contributed by atoms with Crippen LogP contribution in [0.3, 0.4) is 0 Å². The van der Waals surface area contributed by atoms with E-state index in [0.717, 1.165) is 16.5 Å². The molecule has 1 heterocycles. The molecule has 1 atom stereocenters. The average Bonchev–Trinajstić information content (AvgIpc) is 2.97. The van der Waals surface area contributed by atoms with E-state index in [4.69, 9.17) is 0 Å². The normalized spacial score (nSPS) is 12.2. The fourth-order valence-electron chi connectivity index (χ4n) is 2.42. The smallest absolute Gasteiger partial charge is 0.254 e. The molecular weight excluding hydrogens is 264 g/mol. The van der Waals surface area contributed by atoms with Crippen molar-refractivity contribution in [1.29, 1.82) is 0 Å².